The van der Waals surface area contributed by atoms with Crippen molar-refractivity contribution in [2.75, 3.05) is 11.9 Å². The second-order valence-electron chi connectivity index (χ2n) is 4.55. The van der Waals surface area contributed by atoms with Crippen molar-refractivity contribution in [2.45, 2.75) is 34.1 Å². The molecule has 1 aromatic rings. The summed E-state index contributed by atoms with van der Waals surface area (Å²) in [5.74, 6) is -0.772. The summed E-state index contributed by atoms with van der Waals surface area (Å²) in [5, 5.41) is 5.55. The Morgan fingerprint density at radius 3 is 2.44 bits per heavy atom. The summed E-state index contributed by atoms with van der Waals surface area (Å²) >= 11 is 1.37. The van der Waals surface area contributed by atoms with Crippen LogP contribution < -0.4 is 10.6 Å². The molecular formula is C12H19N3O2S. The third-order valence-electron chi connectivity index (χ3n) is 2.46. The highest BCUT2D eigenvalue weighted by Gasteiger charge is 2.15. The largest absolute Gasteiger partial charge is 0.348 e. The van der Waals surface area contributed by atoms with E-state index in [0.29, 0.717) is 17.6 Å². The lowest BCUT2D eigenvalue weighted by Crippen LogP contribution is -2.36. The van der Waals surface area contributed by atoms with E-state index in [9.17, 15) is 9.59 Å². The van der Waals surface area contributed by atoms with Gasteiger partial charge in [-0.3, -0.25) is 14.9 Å². The van der Waals surface area contributed by atoms with Crippen molar-refractivity contribution in [3.63, 3.8) is 0 Å². The first-order chi connectivity index (χ1) is 8.40. The van der Waals surface area contributed by atoms with E-state index < -0.39 is 11.8 Å². The fraction of sp³-hybridized carbons (Fsp3) is 0.583. The van der Waals surface area contributed by atoms with Gasteiger partial charge in [-0.05, 0) is 26.2 Å². The van der Waals surface area contributed by atoms with E-state index in [4.69, 9.17) is 0 Å². The molecule has 0 spiro atoms. The monoisotopic (exact) mass is 269 g/mol. The molecule has 2 amide bonds. The van der Waals surface area contributed by atoms with Crippen molar-refractivity contribution in [2.24, 2.45) is 5.92 Å². The molecule has 0 bridgehead atoms. The van der Waals surface area contributed by atoms with E-state index in [2.05, 4.69) is 29.5 Å². The SMILES string of the molecule is Cc1nc(NC(=O)C(=O)NCCC(C)C)sc1C. The zero-order chi connectivity index (χ0) is 13.7. The van der Waals surface area contributed by atoms with Crippen LogP contribution in [0.4, 0.5) is 5.13 Å². The Labute approximate surface area is 111 Å². The van der Waals surface area contributed by atoms with E-state index in [1.54, 1.807) is 0 Å². The van der Waals surface area contributed by atoms with E-state index >= 15 is 0 Å². The van der Waals surface area contributed by atoms with Gasteiger partial charge >= 0.3 is 11.8 Å². The topological polar surface area (TPSA) is 71.1 Å². The lowest BCUT2D eigenvalue weighted by molar-refractivity contribution is -0.136. The number of nitrogens with one attached hydrogen (secondary N) is 2. The van der Waals surface area contributed by atoms with Gasteiger partial charge < -0.3 is 5.32 Å². The molecular weight excluding hydrogens is 250 g/mol. The number of thiazole rings is 1. The van der Waals surface area contributed by atoms with E-state index in [1.165, 1.54) is 11.3 Å². The number of aryl methyl sites for hydroxylation is 2. The summed E-state index contributed by atoms with van der Waals surface area (Å²) in [6.07, 6.45) is 0.856. The van der Waals surface area contributed by atoms with E-state index in [0.717, 1.165) is 17.0 Å². The summed E-state index contributed by atoms with van der Waals surface area (Å²) in [6, 6.07) is 0. The molecule has 1 aromatic heterocycles. The first-order valence-corrected chi connectivity index (χ1v) is 6.75. The van der Waals surface area contributed by atoms with Crippen LogP contribution in [0.5, 0.6) is 0 Å². The molecule has 0 fully saturated rings. The maximum Gasteiger partial charge on any atom is 0.315 e. The third-order valence-corrected chi connectivity index (χ3v) is 3.45. The molecule has 0 saturated heterocycles. The number of anilines is 1. The van der Waals surface area contributed by atoms with E-state index in [-0.39, 0.29) is 0 Å². The smallest absolute Gasteiger partial charge is 0.315 e. The highest BCUT2D eigenvalue weighted by atomic mass is 32.1. The molecule has 0 aliphatic carbocycles. The van der Waals surface area contributed by atoms with Crippen molar-refractivity contribution in [3.05, 3.63) is 10.6 Å². The summed E-state index contributed by atoms with van der Waals surface area (Å²) in [5.41, 5.74) is 0.871. The number of carbonyl (C=O) groups is 2. The highest BCUT2D eigenvalue weighted by Crippen LogP contribution is 2.20. The number of rotatable bonds is 4. The summed E-state index contributed by atoms with van der Waals surface area (Å²) in [6.45, 7) is 8.43. The van der Waals surface area contributed by atoms with Gasteiger partial charge in [0.25, 0.3) is 0 Å². The second-order valence-corrected chi connectivity index (χ2v) is 5.76. The molecule has 1 rings (SSSR count). The number of nitrogens with zero attached hydrogens (tertiary/aromatic N) is 1. The summed E-state index contributed by atoms with van der Waals surface area (Å²) in [7, 11) is 0. The normalized spacial score (nSPS) is 10.5. The molecule has 0 saturated carbocycles. The number of carbonyl (C=O) groups excluding carboxylic acids is 2. The van der Waals surface area contributed by atoms with Crippen LogP contribution >= 0.6 is 11.3 Å². The molecule has 100 valence electrons. The van der Waals surface area contributed by atoms with Gasteiger partial charge in [0.1, 0.15) is 0 Å². The van der Waals surface area contributed by atoms with Crippen LogP contribution in [0.1, 0.15) is 30.8 Å². The van der Waals surface area contributed by atoms with E-state index in [1.807, 2.05) is 13.8 Å². The molecule has 0 aliphatic rings. The number of hydrogen-bond donors (Lipinski definition) is 2. The maximum atomic E-state index is 11.6. The predicted molar refractivity (Wildman–Crippen MR) is 72.7 cm³/mol. The summed E-state index contributed by atoms with van der Waals surface area (Å²) < 4.78 is 0. The van der Waals surface area contributed by atoms with Gasteiger partial charge in [0.2, 0.25) is 0 Å². The fourth-order valence-electron chi connectivity index (χ4n) is 1.23. The van der Waals surface area contributed by atoms with Crippen molar-refractivity contribution in [1.82, 2.24) is 10.3 Å². The number of hydrogen-bond acceptors (Lipinski definition) is 4. The zero-order valence-corrected chi connectivity index (χ0v) is 12.0. The number of aromatic nitrogens is 1. The fourth-order valence-corrected chi connectivity index (χ4v) is 2.04. The minimum absolute atomic E-state index is 0.467. The highest BCUT2D eigenvalue weighted by molar-refractivity contribution is 7.15. The molecule has 0 unspecified atom stereocenters. The molecule has 0 aromatic carbocycles. The van der Waals surface area contributed by atoms with Crippen LogP contribution in [-0.2, 0) is 9.59 Å². The second kappa shape index (κ2) is 6.49. The van der Waals surface area contributed by atoms with Crippen LogP contribution in [0.3, 0.4) is 0 Å². The lowest BCUT2D eigenvalue weighted by atomic mass is 10.1. The van der Waals surface area contributed by atoms with Crippen molar-refractivity contribution >= 4 is 28.3 Å². The minimum atomic E-state index is -0.660. The van der Waals surface area contributed by atoms with Gasteiger partial charge in [0, 0.05) is 11.4 Å². The van der Waals surface area contributed by atoms with Gasteiger partial charge in [0.15, 0.2) is 5.13 Å². The Hall–Kier alpha value is -1.43. The molecule has 0 radical (unpaired) electrons. The minimum Gasteiger partial charge on any atom is -0.348 e. The Morgan fingerprint density at radius 1 is 1.28 bits per heavy atom. The number of amides is 2. The molecule has 5 nitrogen and oxygen atoms in total. The average Bonchev–Trinajstić information content (AvgIpc) is 2.57. The van der Waals surface area contributed by atoms with Crippen molar-refractivity contribution < 1.29 is 9.59 Å². The molecule has 6 heteroatoms. The Kier molecular flexibility index (Phi) is 5.27. The molecule has 18 heavy (non-hydrogen) atoms. The third kappa shape index (κ3) is 4.44. The van der Waals surface area contributed by atoms with Crippen LogP contribution in [0, 0.1) is 19.8 Å². The van der Waals surface area contributed by atoms with Gasteiger partial charge in [-0.1, -0.05) is 13.8 Å². The first-order valence-electron chi connectivity index (χ1n) is 5.93. The zero-order valence-electron chi connectivity index (χ0n) is 11.2. The van der Waals surface area contributed by atoms with Gasteiger partial charge in [0.05, 0.1) is 5.69 Å². The molecule has 1 heterocycles. The van der Waals surface area contributed by atoms with Crippen LogP contribution in [0.25, 0.3) is 0 Å². The van der Waals surface area contributed by atoms with Gasteiger partial charge in [-0.25, -0.2) is 4.98 Å². The standard InChI is InChI=1S/C12H19N3O2S/c1-7(2)5-6-13-10(16)11(17)15-12-14-8(3)9(4)18-12/h7H,5-6H2,1-4H3,(H,13,16)(H,14,15,17). The Balaban J connectivity index is 2.42. The van der Waals surface area contributed by atoms with Crippen molar-refractivity contribution in [3.8, 4) is 0 Å². The Bertz CT molecular complexity index is 421. The molecule has 0 atom stereocenters. The maximum absolute atomic E-state index is 11.6. The first kappa shape index (κ1) is 14.6. The van der Waals surface area contributed by atoms with Crippen LogP contribution in [-0.4, -0.2) is 23.3 Å². The predicted octanol–water partition coefficient (Wildman–Crippen LogP) is 1.86. The van der Waals surface area contributed by atoms with Gasteiger partial charge in [-0.2, -0.15) is 0 Å². The Morgan fingerprint density at radius 2 is 1.94 bits per heavy atom. The van der Waals surface area contributed by atoms with Crippen LogP contribution in [0.2, 0.25) is 0 Å². The summed E-state index contributed by atoms with van der Waals surface area (Å²) in [4.78, 5) is 28.2. The van der Waals surface area contributed by atoms with Crippen LogP contribution in [0.15, 0.2) is 0 Å². The van der Waals surface area contributed by atoms with Crippen molar-refractivity contribution in [1.29, 1.82) is 0 Å². The lowest BCUT2D eigenvalue weighted by Gasteiger charge is -2.06. The van der Waals surface area contributed by atoms with Gasteiger partial charge in [-0.15, -0.1) is 11.3 Å². The quantitative estimate of drug-likeness (QED) is 0.820. The molecule has 2 N–H and O–H groups in total. The molecule has 0 aliphatic heterocycles. The average molecular weight is 269 g/mol.